The van der Waals surface area contributed by atoms with Gasteiger partial charge in [-0.3, -0.25) is 4.79 Å². The van der Waals surface area contributed by atoms with Gasteiger partial charge in [-0.2, -0.15) is 0 Å². The van der Waals surface area contributed by atoms with E-state index < -0.39 is 9.05 Å². The summed E-state index contributed by atoms with van der Waals surface area (Å²) in [5, 5.41) is 0.675. The van der Waals surface area contributed by atoms with Crippen molar-refractivity contribution >= 4 is 66.1 Å². The maximum atomic E-state index is 11.9. The Morgan fingerprint density at radius 1 is 1.20 bits per heavy atom. The van der Waals surface area contributed by atoms with Gasteiger partial charge >= 0.3 is 0 Å². The summed E-state index contributed by atoms with van der Waals surface area (Å²) in [6.45, 7) is 0.249. The third-order valence-corrected chi connectivity index (χ3v) is 5.36. The van der Waals surface area contributed by atoms with Crippen LogP contribution in [0.3, 0.4) is 0 Å². The van der Waals surface area contributed by atoms with E-state index in [9.17, 15) is 13.2 Å². The molecular formula is C11H9Cl4NO3S. The summed E-state index contributed by atoms with van der Waals surface area (Å²) >= 11 is 17.7. The fraction of sp³-hybridized carbons (Fsp3) is 0.364. The van der Waals surface area contributed by atoms with E-state index in [0.29, 0.717) is 5.69 Å². The number of hydrogen-bond acceptors (Lipinski definition) is 3. The molecule has 0 saturated carbocycles. The second kappa shape index (κ2) is 5.89. The molecule has 1 aromatic carbocycles. The molecule has 1 amide bonds. The van der Waals surface area contributed by atoms with Crippen LogP contribution in [0.1, 0.15) is 6.42 Å². The first-order valence-corrected chi connectivity index (χ1v) is 9.16. The number of hydrogen-bond donors (Lipinski definition) is 0. The van der Waals surface area contributed by atoms with Crippen LogP contribution in [0.2, 0.25) is 15.1 Å². The molecule has 9 heteroatoms. The maximum Gasteiger partial charge on any atom is 0.232 e. The lowest BCUT2D eigenvalue weighted by atomic mass is 10.1. The lowest BCUT2D eigenvalue weighted by Gasteiger charge is -2.17. The van der Waals surface area contributed by atoms with E-state index in [2.05, 4.69) is 0 Å². The zero-order valence-corrected chi connectivity index (χ0v) is 13.8. The molecule has 1 atom stereocenters. The molecular weight excluding hydrogens is 368 g/mol. The highest BCUT2D eigenvalue weighted by atomic mass is 35.7. The van der Waals surface area contributed by atoms with Crippen molar-refractivity contribution in [1.29, 1.82) is 0 Å². The van der Waals surface area contributed by atoms with E-state index in [1.807, 2.05) is 0 Å². The Morgan fingerprint density at radius 2 is 1.75 bits per heavy atom. The minimum Gasteiger partial charge on any atom is -0.312 e. The van der Waals surface area contributed by atoms with Gasteiger partial charge in [0.25, 0.3) is 0 Å². The SMILES string of the molecule is O=C1CC(CS(=O)(=O)Cl)CN1c1cc(Cl)c(Cl)c(Cl)c1. The molecule has 1 fully saturated rings. The minimum absolute atomic E-state index is 0.115. The molecule has 1 unspecified atom stereocenters. The third-order valence-electron chi connectivity index (χ3n) is 2.92. The Hall–Kier alpha value is -0.200. The molecule has 2 rings (SSSR count). The lowest BCUT2D eigenvalue weighted by molar-refractivity contribution is -0.117. The molecule has 0 aromatic heterocycles. The van der Waals surface area contributed by atoms with Gasteiger partial charge < -0.3 is 4.90 Å². The van der Waals surface area contributed by atoms with Gasteiger partial charge in [0, 0.05) is 35.3 Å². The number of nitrogens with zero attached hydrogens (tertiary/aromatic N) is 1. The average Bonchev–Trinajstić information content (AvgIpc) is 2.63. The first kappa shape index (κ1) is 16.2. The van der Waals surface area contributed by atoms with Gasteiger partial charge in [-0.15, -0.1) is 0 Å². The van der Waals surface area contributed by atoms with E-state index in [-0.39, 0.29) is 45.6 Å². The van der Waals surface area contributed by atoms with Gasteiger partial charge in [0.2, 0.25) is 15.0 Å². The van der Waals surface area contributed by atoms with Crippen molar-refractivity contribution in [1.82, 2.24) is 0 Å². The molecule has 1 aromatic rings. The molecule has 0 spiro atoms. The van der Waals surface area contributed by atoms with E-state index in [1.54, 1.807) is 0 Å². The van der Waals surface area contributed by atoms with Crippen molar-refractivity contribution in [3.63, 3.8) is 0 Å². The highest BCUT2D eigenvalue weighted by Gasteiger charge is 2.33. The number of halogens is 4. The second-order valence-corrected chi connectivity index (χ2v) is 8.52. The second-order valence-electron chi connectivity index (χ2n) is 4.50. The molecule has 0 N–H and O–H groups in total. The largest absolute Gasteiger partial charge is 0.312 e. The zero-order valence-electron chi connectivity index (χ0n) is 9.95. The first-order valence-electron chi connectivity index (χ1n) is 5.54. The quantitative estimate of drug-likeness (QED) is 0.598. The van der Waals surface area contributed by atoms with Gasteiger partial charge in [0.05, 0.1) is 20.8 Å². The predicted octanol–water partition coefficient (Wildman–Crippen LogP) is 3.57. The topological polar surface area (TPSA) is 54.5 Å². The van der Waals surface area contributed by atoms with Crippen LogP contribution in [0.5, 0.6) is 0 Å². The summed E-state index contributed by atoms with van der Waals surface area (Å²) in [6, 6.07) is 3.04. The number of benzene rings is 1. The third kappa shape index (κ3) is 3.71. The predicted molar refractivity (Wildman–Crippen MR) is 81.6 cm³/mol. The number of carbonyl (C=O) groups is 1. The van der Waals surface area contributed by atoms with Gasteiger partial charge in [-0.1, -0.05) is 34.8 Å². The molecule has 1 aliphatic heterocycles. The fourth-order valence-corrected chi connectivity index (χ4v) is 4.03. The van der Waals surface area contributed by atoms with E-state index in [1.165, 1.54) is 17.0 Å². The number of anilines is 1. The van der Waals surface area contributed by atoms with Crippen LogP contribution < -0.4 is 4.90 Å². The molecule has 1 heterocycles. The van der Waals surface area contributed by atoms with Crippen molar-refractivity contribution in [3.8, 4) is 0 Å². The Labute approximate surface area is 136 Å². The maximum absolute atomic E-state index is 11.9. The monoisotopic (exact) mass is 375 g/mol. The van der Waals surface area contributed by atoms with Gasteiger partial charge in [0.1, 0.15) is 0 Å². The van der Waals surface area contributed by atoms with Crippen LogP contribution in [0, 0.1) is 5.92 Å². The molecule has 0 aliphatic carbocycles. The summed E-state index contributed by atoms with van der Waals surface area (Å²) < 4.78 is 22.1. The number of rotatable bonds is 3. The van der Waals surface area contributed by atoms with Crippen molar-refractivity contribution in [2.45, 2.75) is 6.42 Å². The molecule has 110 valence electrons. The standard InChI is InChI=1S/C11H9Cl4NO3S/c12-8-2-7(3-9(13)11(8)14)16-4-6(1-10(16)17)5-20(15,18)19/h2-3,6H,1,4-5H2. The van der Waals surface area contributed by atoms with Crippen molar-refractivity contribution in [2.24, 2.45) is 5.92 Å². The lowest BCUT2D eigenvalue weighted by Crippen LogP contribution is -2.25. The Kier molecular flexibility index (Phi) is 4.76. The summed E-state index contributed by atoms with van der Waals surface area (Å²) in [5.74, 6) is -0.797. The van der Waals surface area contributed by atoms with Crippen molar-refractivity contribution in [2.75, 3.05) is 17.2 Å². The molecule has 4 nitrogen and oxygen atoms in total. The van der Waals surface area contributed by atoms with Gasteiger partial charge in [-0.25, -0.2) is 8.42 Å². The van der Waals surface area contributed by atoms with E-state index >= 15 is 0 Å². The van der Waals surface area contributed by atoms with Crippen molar-refractivity contribution in [3.05, 3.63) is 27.2 Å². The summed E-state index contributed by atoms with van der Waals surface area (Å²) in [5.41, 5.74) is 0.490. The zero-order chi connectivity index (χ0) is 15.1. The highest BCUT2D eigenvalue weighted by Crippen LogP contribution is 2.36. The Morgan fingerprint density at radius 3 is 2.25 bits per heavy atom. The Balaban J connectivity index is 2.24. The van der Waals surface area contributed by atoms with Crippen LogP contribution in [0.4, 0.5) is 5.69 Å². The van der Waals surface area contributed by atoms with Crippen LogP contribution >= 0.6 is 45.5 Å². The van der Waals surface area contributed by atoms with E-state index in [4.69, 9.17) is 45.5 Å². The molecule has 0 radical (unpaired) electrons. The smallest absolute Gasteiger partial charge is 0.232 e. The molecule has 20 heavy (non-hydrogen) atoms. The van der Waals surface area contributed by atoms with Crippen LogP contribution in [-0.4, -0.2) is 26.6 Å². The van der Waals surface area contributed by atoms with Crippen LogP contribution in [-0.2, 0) is 13.8 Å². The van der Waals surface area contributed by atoms with E-state index in [0.717, 1.165) is 0 Å². The summed E-state index contributed by atoms with van der Waals surface area (Å²) in [4.78, 5) is 13.4. The number of carbonyl (C=O) groups excluding carboxylic acids is 1. The molecule has 0 bridgehead atoms. The summed E-state index contributed by atoms with van der Waals surface area (Å²) in [6.07, 6.45) is 0.115. The minimum atomic E-state index is -3.64. The molecule has 1 saturated heterocycles. The number of amides is 1. The Bertz CT molecular complexity index is 639. The average molecular weight is 377 g/mol. The van der Waals surface area contributed by atoms with Gasteiger partial charge in [-0.05, 0) is 12.1 Å². The fourth-order valence-electron chi connectivity index (χ4n) is 2.12. The summed E-state index contributed by atoms with van der Waals surface area (Å²) in [7, 11) is 1.57. The molecule has 1 aliphatic rings. The normalized spacial score (nSPS) is 19.7. The van der Waals surface area contributed by atoms with Crippen LogP contribution in [0.15, 0.2) is 12.1 Å². The van der Waals surface area contributed by atoms with Crippen molar-refractivity contribution < 1.29 is 13.2 Å². The van der Waals surface area contributed by atoms with Crippen LogP contribution in [0.25, 0.3) is 0 Å². The highest BCUT2D eigenvalue weighted by molar-refractivity contribution is 8.13. The first-order chi connectivity index (χ1) is 9.17. The van der Waals surface area contributed by atoms with Gasteiger partial charge in [0.15, 0.2) is 0 Å².